The van der Waals surface area contributed by atoms with E-state index in [0.717, 1.165) is 4.31 Å². The highest BCUT2D eigenvalue weighted by molar-refractivity contribution is 7.92. The normalized spacial score (nSPS) is 11.6. The molecule has 4 nitrogen and oxygen atoms in total. The van der Waals surface area contributed by atoms with Crippen molar-refractivity contribution >= 4 is 27.3 Å². The van der Waals surface area contributed by atoms with Gasteiger partial charge in [0.2, 0.25) is 0 Å². The van der Waals surface area contributed by atoms with Gasteiger partial charge in [0.15, 0.2) is 0 Å². The predicted octanol–water partition coefficient (Wildman–Crippen LogP) is 2.73. The topological polar surface area (TPSA) is 42.3 Å². The maximum atomic E-state index is 13.7. The van der Waals surface area contributed by atoms with Crippen molar-refractivity contribution in [3.63, 3.8) is 0 Å². The lowest BCUT2D eigenvalue weighted by Gasteiger charge is -2.19. The van der Waals surface area contributed by atoms with Crippen LogP contribution in [0.3, 0.4) is 0 Å². The summed E-state index contributed by atoms with van der Waals surface area (Å²) in [6, 6.07) is 7.21. The quantitative estimate of drug-likeness (QED) is 0.814. The van der Waals surface area contributed by atoms with Crippen molar-refractivity contribution in [3.8, 4) is 0 Å². The molecular weight excluding hydrogens is 303 g/mol. The van der Waals surface area contributed by atoms with E-state index in [4.69, 9.17) is 11.6 Å². The first-order chi connectivity index (χ1) is 9.37. The molecule has 108 valence electrons. The van der Waals surface area contributed by atoms with Gasteiger partial charge in [-0.15, -0.1) is 11.6 Å². The monoisotopic (exact) mass is 316 g/mol. The van der Waals surface area contributed by atoms with Gasteiger partial charge in [0, 0.05) is 26.0 Å². The van der Waals surface area contributed by atoms with Crippen molar-refractivity contribution < 1.29 is 12.8 Å². The standard InChI is InChI=1S/C13H14ClFN2O2S/c1-16-9-11(7-10(16)8-14)20(18,19)17(2)13-6-4-3-5-12(13)15/h3-7,9H,8H2,1-2H3. The molecule has 0 aliphatic rings. The van der Waals surface area contributed by atoms with E-state index >= 15 is 0 Å². The van der Waals surface area contributed by atoms with E-state index in [0.29, 0.717) is 5.69 Å². The molecule has 0 atom stereocenters. The molecule has 0 fully saturated rings. The van der Waals surface area contributed by atoms with Crippen LogP contribution in [0.25, 0.3) is 0 Å². The van der Waals surface area contributed by atoms with Crippen LogP contribution >= 0.6 is 11.6 Å². The van der Waals surface area contributed by atoms with E-state index in [2.05, 4.69) is 0 Å². The first kappa shape index (κ1) is 14.9. The molecule has 20 heavy (non-hydrogen) atoms. The Hall–Kier alpha value is -1.53. The Morgan fingerprint density at radius 2 is 2.00 bits per heavy atom. The molecule has 0 spiro atoms. The molecule has 0 radical (unpaired) electrons. The summed E-state index contributed by atoms with van der Waals surface area (Å²) < 4.78 is 41.2. The number of hydrogen-bond acceptors (Lipinski definition) is 2. The fourth-order valence-electron chi connectivity index (χ4n) is 1.85. The molecule has 0 saturated heterocycles. The zero-order valence-electron chi connectivity index (χ0n) is 11.0. The number of hydrogen-bond donors (Lipinski definition) is 0. The molecule has 7 heteroatoms. The van der Waals surface area contributed by atoms with E-state index in [1.54, 1.807) is 17.7 Å². The van der Waals surface area contributed by atoms with Crippen molar-refractivity contribution in [1.82, 2.24) is 4.57 Å². The van der Waals surface area contributed by atoms with Crippen molar-refractivity contribution in [3.05, 3.63) is 48.0 Å². The summed E-state index contributed by atoms with van der Waals surface area (Å²) in [6.45, 7) is 0. The van der Waals surface area contributed by atoms with E-state index in [1.165, 1.54) is 37.5 Å². The fourth-order valence-corrected chi connectivity index (χ4v) is 3.41. The minimum absolute atomic E-state index is 0.00350. The zero-order valence-corrected chi connectivity index (χ0v) is 12.6. The molecule has 0 aliphatic carbocycles. The number of aryl methyl sites for hydroxylation is 1. The Labute approximate surface area is 122 Å². The Balaban J connectivity index is 2.47. The van der Waals surface area contributed by atoms with Crippen LogP contribution in [0.4, 0.5) is 10.1 Å². The first-order valence-electron chi connectivity index (χ1n) is 5.82. The van der Waals surface area contributed by atoms with Gasteiger partial charge in [-0.1, -0.05) is 12.1 Å². The van der Waals surface area contributed by atoms with Crippen molar-refractivity contribution in [2.24, 2.45) is 7.05 Å². The second-order valence-corrected chi connectivity index (χ2v) is 6.57. The first-order valence-corrected chi connectivity index (χ1v) is 7.80. The molecule has 0 amide bonds. The molecule has 0 saturated carbocycles. The summed E-state index contributed by atoms with van der Waals surface area (Å²) in [5.41, 5.74) is 0.677. The number of alkyl halides is 1. The van der Waals surface area contributed by atoms with Crippen LogP contribution in [0.15, 0.2) is 41.4 Å². The molecule has 0 aliphatic heterocycles. The summed E-state index contributed by atoms with van der Waals surface area (Å²) in [6.07, 6.45) is 1.46. The second-order valence-electron chi connectivity index (χ2n) is 4.34. The van der Waals surface area contributed by atoms with Crippen LogP contribution in [0, 0.1) is 5.82 Å². The maximum absolute atomic E-state index is 13.7. The highest BCUT2D eigenvalue weighted by Crippen LogP contribution is 2.25. The van der Waals surface area contributed by atoms with Gasteiger partial charge in [0.05, 0.1) is 11.6 Å². The van der Waals surface area contributed by atoms with E-state index < -0.39 is 15.8 Å². The molecule has 2 aromatic rings. The Morgan fingerprint density at radius 1 is 1.35 bits per heavy atom. The van der Waals surface area contributed by atoms with Gasteiger partial charge in [-0.25, -0.2) is 12.8 Å². The summed E-state index contributed by atoms with van der Waals surface area (Å²) in [5.74, 6) is -0.387. The Morgan fingerprint density at radius 3 is 2.55 bits per heavy atom. The van der Waals surface area contributed by atoms with Gasteiger partial charge in [0.25, 0.3) is 10.0 Å². The van der Waals surface area contributed by atoms with Crippen molar-refractivity contribution in [2.75, 3.05) is 11.4 Å². The SMILES string of the molecule is CN(c1ccccc1F)S(=O)(=O)c1cc(CCl)n(C)c1. The third kappa shape index (κ3) is 2.53. The molecular formula is C13H14ClFN2O2S. The number of para-hydroxylation sites is 1. The molecule has 1 heterocycles. The van der Waals surface area contributed by atoms with E-state index in [-0.39, 0.29) is 16.5 Å². The van der Waals surface area contributed by atoms with Crippen LogP contribution in [0.2, 0.25) is 0 Å². The average molecular weight is 317 g/mol. The van der Waals surface area contributed by atoms with Gasteiger partial charge in [-0.3, -0.25) is 4.31 Å². The highest BCUT2D eigenvalue weighted by Gasteiger charge is 2.25. The summed E-state index contributed by atoms with van der Waals surface area (Å²) >= 11 is 5.73. The lowest BCUT2D eigenvalue weighted by Crippen LogP contribution is -2.27. The predicted molar refractivity (Wildman–Crippen MR) is 77.0 cm³/mol. The lowest BCUT2D eigenvalue weighted by atomic mass is 10.3. The summed E-state index contributed by atoms with van der Waals surface area (Å²) in [7, 11) is -0.784. The second kappa shape index (κ2) is 5.46. The molecule has 0 unspecified atom stereocenters. The largest absolute Gasteiger partial charge is 0.352 e. The fraction of sp³-hybridized carbons (Fsp3) is 0.231. The average Bonchev–Trinajstić information content (AvgIpc) is 2.80. The maximum Gasteiger partial charge on any atom is 0.265 e. The minimum Gasteiger partial charge on any atom is -0.352 e. The van der Waals surface area contributed by atoms with E-state index in [1.807, 2.05) is 0 Å². The van der Waals surface area contributed by atoms with Crippen LogP contribution < -0.4 is 4.31 Å². The number of nitrogens with zero attached hydrogens (tertiary/aromatic N) is 2. The smallest absolute Gasteiger partial charge is 0.265 e. The lowest BCUT2D eigenvalue weighted by molar-refractivity contribution is 0.589. The Kier molecular flexibility index (Phi) is 4.06. The molecule has 0 bridgehead atoms. The number of aromatic nitrogens is 1. The number of halogens is 2. The molecule has 0 N–H and O–H groups in total. The van der Waals surface area contributed by atoms with Crippen molar-refractivity contribution in [2.45, 2.75) is 10.8 Å². The van der Waals surface area contributed by atoms with E-state index in [9.17, 15) is 12.8 Å². The highest BCUT2D eigenvalue weighted by atomic mass is 35.5. The van der Waals surface area contributed by atoms with Crippen LogP contribution in [0.1, 0.15) is 5.69 Å². The van der Waals surface area contributed by atoms with Crippen LogP contribution in [0.5, 0.6) is 0 Å². The number of sulfonamides is 1. The molecule has 1 aromatic heterocycles. The molecule has 2 rings (SSSR count). The van der Waals surface area contributed by atoms with Crippen molar-refractivity contribution in [1.29, 1.82) is 0 Å². The van der Waals surface area contributed by atoms with Gasteiger partial charge >= 0.3 is 0 Å². The third-order valence-corrected chi connectivity index (χ3v) is 5.08. The Bertz CT molecular complexity index is 728. The van der Waals surface area contributed by atoms with Gasteiger partial charge in [-0.2, -0.15) is 0 Å². The summed E-state index contributed by atoms with van der Waals surface area (Å²) in [5, 5.41) is 0. The third-order valence-electron chi connectivity index (χ3n) is 3.07. The minimum atomic E-state index is -3.81. The number of anilines is 1. The number of rotatable bonds is 4. The zero-order chi connectivity index (χ0) is 14.9. The van der Waals surface area contributed by atoms with Gasteiger partial charge < -0.3 is 4.57 Å². The van der Waals surface area contributed by atoms with Crippen LogP contribution in [-0.2, 0) is 23.0 Å². The van der Waals surface area contributed by atoms with Gasteiger partial charge in [0.1, 0.15) is 10.7 Å². The molecule has 1 aromatic carbocycles. The van der Waals surface area contributed by atoms with Crippen LogP contribution in [-0.4, -0.2) is 20.0 Å². The number of benzene rings is 1. The summed E-state index contributed by atoms with van der Waals surface area (Å²) in [4.78, 5) is 0.0846. The van der Waals surface area contributed by atoms with Gasteiger partial charge in [-0.05, 0) is 18.2 Å².